The molecule has 0 saturated heterocycles. The van der Waals surface area contributed by atoms with Crippen LogP contribution in [-0.4, -0.2) is 26.7 Å². The number of hydrogen-bond acceptors (Lipinski definition) is 3. The summed E-state index contributed by atoms with van der Waals surface area (Å²) in [5, 5.41) is 9.02. The fourth-order valence-corrected chi connectivity index (χ4v) is 3.93. The highest BCUT2D eigenvalue weighted by Gasteiger charge is 2.24. The minimum absolute atomic E-state index is 0.124. The van der Waals surface area contributed by atoms with E-state index in [0.717, 1.165) is 34.6 Å². The van der Waals surface area contributed by atoms with Crippen LogP contribution in [0, 0.1) is 0 Å². The molecule has 33 heavy (non-hydrogen) atoms. The molecule has 3 aromatic carbocycles. The number of aromatic nitrogens is 2. The van der Waals surface area contributed by atoms with Crippen LogP contribution in [0.2, 0.25) is 0 Å². The molecule has 5 heteroatoms. The first-order valence-corrected chi connectivity index (χ1v) is 11.3. The van der Waals surface area contributed by atoms with E-state index in [0.29, 0.717) is 18.9 Å². The molecule has 1 aromatic heterocycles. The van der Waals surface area contributed by atoms with Crippen LogP contribution in [0.3, 0.4) is 0 Å². The van der Waals surface area contributed by atoms with E-state index < -0.39 is 5.97 Å². The zero-order valence-corrected chi connectivity index (χ0v) is 18.7. The number of rotatable bonds is 10. The van der Waals surface area contributed by atoms with Crippen LogP contribution in [0.4, 0.5) is 0 Å². The first-order chi connectivity index (χ1) is 16.2. The van der Waals surface area contributed by atoms with Crippen molar-refractivity contribution in [3.05, 3.63) is 91.0 Å². The molecule has 5 nitrogen and oxygen atoms in total. The van der Waals surface area contributed by atoms with Gasteiger partial charge in [0.05, 0.1) is 11.4 Å². The molecule has 168 valence electrons. The zero-order chi connectivity index (χ0) is 23.0. The van der Waals surface area contributed by atoms with Gasteiger partial charge >= 0.3 is 12.0 Å². The van der Waals surface area contributed by atoms with Gasteiger partial charge in [-0.05, 0) is 31.4 Å². The molecule has 0 spiro atoms. The minimum atomic E-state index is -0.784. The molecule has 4 aromatic rings. The predicted octanol–water partition coefficient (Wildman–Crippen LogP) is 6.62. The lowest BCUT2D eigenvalue weighted by atomic mass is 10.0. The Labute approximate surface area is 194 Å². The lowest BCUT2D eigenvalue weighted by Gasteiger charge is -2.18. The van der Waals surface area contributed by atoms with Crippen molar-refractivity contribution in [1.29, 1.82) is 0 Å². The maximum absolute atomic E-state index is 11.0. The summed E-state index contributed by atoms with van der Waals surface area (Å²) >= 11 is 0. The molecule has 0 saturated carbocycles. The van der Waals surface area contributed by atoms with Crippen molar-refractivity contribution in [3.63, 3.8) is 0 Å². The summed E-state index contributed by atoms with van der Waals surface area (Å²) in [5.41, 5.74) is 4.82. The van der Waals surface area contributed by atoms with Gasteiger partial charge < -0.3 is 9.84 Å². The summed E-state index contributed by atoms with van der Waals surface area (Å²) in [6.07, 6.45) is 2.00. The lowest BCUT2D eigenvalue weighted by molar-refractivity contribution is -0.137. The predicted molar refractivity (Wildman–Crippen MR) is 131 cm³/mol. The van der Waals surface area contributed by atoms with Gasteiger partial charge in [0.2, 0.25) is 0 Å². The zero-order valence-electron chi connectivity index (χ0n) is 18.7. The van der Waals surface area contributed by atoms with E-state index in [1.54, 1.807) is 0 Å². The van der Waals surface area contributed by atoms with Gasteiger partial charge in [0.15, 0.2) is 0 Å². The van der Waals surface area contributed by atoms with Gasteiger partial charge in [-0.2, -0.15) is 4.98 Å². The van der Waals surface area contributed by atoms with E-state index in [1.165, 1.54) is 0 Å². The van der Waals surface area contributed by atoms with E-state index in [2.05, 4.69) is 35.8 Å². The lowest BCUT2D eigenvalue weighted by Crippen LogP contribution is -2.18. The molecule has 1 heterocycles. The monoisotopic (exact) mass is 440 g/mol. The van der Waals surface area contributed by atoms with Crippen LogP contribution in [0.25, 0.3) is 28.2 Å². The summed E-state index contributed by atoms with van der Waals surface area (Å²) < 4.78 is 8.52. The third-order valence-electron chi connectivity index (χ3n) is 5.60. The van der Waals surface area contributed by atoms with Gasteiger partial charge in [0.1, 0.15) is 11.8 Å². The van der Waals surface area contributed by atoms with Crippen molar-refractivity contribution >= 4 is 5.97 Å². The number of para-hydroxylation sites is 1. The fourth-order valence-electron chi connectivity index (χ4n) is 3.93. The van der Waals surface area contributed by atoms with Crippen molar-refractivity contribution in [2.75, 3.05) is 0 Å². The molecule has 0 radical (unpaired) electrons. The maximum Gasteiger partial charge on any atom is 0.303 e. The summed E-state index contributed by atoms with van der Waals surface area (Å²) in [6, 6.07) is 30.9. The number of benzene rings is 3. The average Bonchev–Trinajstić information content (AvgIpc) is 3.24. The molecule has 0 fully saturated rings. The summed E-state index contributed by atoms with van der Waals surface area (Å²) in [5.74, 6) is -0.784. The molecule has 1 N–H and O–H groups in total. The van der Waals surface area contributed by atoms with Gasteiger partial charge in [-0.3, -0.25) is 9.36 Å². The number of hydrogen-bond donors (Lipinski definition) is 1. The van der Waals surface area contributed by atoms with Crippen molar-refractivity contribution in [2.45, 2.75) is 38.7 Å². The Bertz CT molecular complexity index is 1170. The van der Waals surface area contributed by atoms with E-state index in [4.69, 9.17) is 14.8 Å². The van der Waals surface area contributed by atoms with Gasteiger partial charge in [-0.25, -0.2) is 0 Å². The Hall–Kier alpha value is -3.86. The Morgan fingerprint density at radius 2 is 1.48 bits per heavy atom. The van der Waals surface area contributed by atoms with Crippen molar-refractivity contribution in [2.24, 2.45) is 0 Å². The quantitative estimate of drug-likeness (QED) is 0.301. The van der Waals surface area contributed by atoms with E-state index in [-0.39, 0.29) is 12.5 Å². The first kappa shape index (κ1) is 22.3. The van der Waals surface area contributed by atoms with Crippen molar-refractivity contribution in [3.8, 4) is 34.2 Å². The topological polar surface area (TPSA) is 64.3 Å². The molecule has 1 atom stereocenters. The molecule has 0 bridgehead atoms. The van der Waals surface area contributed by atoms with Crippen molar-refractivity contribution in [1.82, 2.24) is 9.55 Å². The van der Waals surface area contributed by atoms with E-state index in [1.807, 2.05) is 66.7 Å². The van der Waals surface area contributed by atoms with Crippen LogP contribution in [0.15, 0.2) is 91.0 Å². The highest BCUT2D eigenvalue weighted by molar-refractivity contribution is 5.81. The summed E-state index contributed by atoms with van der Waals surface area (Å²) in [6.45, 7) is 2.05. The normalized spacial score (nSPS) is 11.8. The second-order valence-corrected chi connectivity index (χ2v) is 7.93. The smallest absolute Gasteiger partial charge is 0.303 e. The van der Waals surface area contributed by atoms with Crippen LogP contribution in [0.5, 0.6) is 6.01 Å². The van der Waals surface area contributed by atoms with Gasteiger partial charge in [-0.1, -0.05) is 85.8 Å². The second kappa shape index (κ2) is 10.6. The highest BCUT2D eigenvalue weighted by Crippen LogP contribution is 2.38. The number of imidazole rings is 1. The van der Waals surface area contributed by atoms with Crippen LogP contribution in [-0.2, 0) is 4.79 Å². The van der Waals surface area contributed by atoms with Gasteiger partial charge in [0.25, 0.3) is 0 Å². The Balaban J connectivity index is 1.85. The molecule has 0 aliphatic heterocycles. The van der Waals surface area contributed by atoms with Crippen molar-refractivity contribution < 1.29 is 14.6 Å². The second-order valence-electron chi connectivity index (χ2n) is 7.93. The molecule has 1 unspecified atom stereocenters. The van der Waals surface area contributed by atoms with Crippen LogP contribution < -0.4 is 4.74 Å². The first-order valence-electron chi connectivity index (χ1n) is 11.3. The Morgan fingerprint density at radius 3 is 2.06 bits per heavy atom. The van der Waals surface area contributed by atoms with E-state index >= 15 is 0 Å². The summed E-state index contributed by atoms with van der Waals surface area (Å²) in [7, 11) is 0. The number of aliphatic carboxylic acids is 1. The number of carboxylic acids is 1. The molecule has 4 rings (SSSR count). The van der Waals surface area contributed by atoms with Gasteiger partial charge in [-0.15, -0.1) is 0 Å². The van der Waals surface area contributed by atoms with E-state index in [9.17, 15) is 4.79 Å². The Kier molecular flexibility index (Phi) is 7.20. The average molecular weight is 441 g/mol. The van der Waals surface area contributed by atoms with Crippen LogP contribution >= 0.6 is 0 Å². The van der Waals surface area contributed by atoms with Gasteiger partial charge in [0, 0.05) is 17.5 Å². The molecule has 0 aliphatic rings. The largest absolute Gasteiger partial charge is 0.481 e. The maximum atomic E-state index is 11.0. The fraction of sp³-hybridized carbons (Fsp3) is 0.214. The van der Waals surface area contributed by atoms with Crippen LogP contribution in [0.1, 0.15) is 32.6 Å². The number of nitrogens with zero attached hydrogens (tertiary/aromatic N) is 2. The standard InChI is InChI=1S/C28H28N2O3/c1-2-24(19-12-20-25(31)32)33-28-29-26(21-13-6-3-7-14-21)27(22-15-8-4-9-16-22)30(28)23-17-10-5-11-18-23/h3-11,13-18,24H,2,12,19-20H2,1H3,(H,31,32). The number of ether oxygens (including phenoxy) is 1. The highest BCUT2D eigenvalue weighted by atomic mass is 16.5. The number of carboxylic acid groups (broad SMARTS) is 1. The molecular formula is C28H28N2O3. The summed E-state index contributed by atoms with van der Waals surface area (Å²) in [4.78, 5) is 16.0. The SMILES string of the molecule is CCC(CCCC(=O)O)Oc1nc(-c2ccccc2)c(-c2ccccc2)n1-c1ccccc1. The minimum Gasteiger partial charge on any atom is -0.481 e. The molecule has 0 amide bonds. The molecular weight excluding hydrogens is 412 g/mol. The Morgan fingerprint density at radius 1 is 0.909 bits per heavy atom. The molecule has 0 aliphatic carbocycles. The third kappa shape index (κ3) is 5.32. The third-order valence-corrected chi connectivity index (χ3v) is 5.60. The number of carbonyl (C=O) groups is 1.